The molecule has 4 aromatic rings. The molecule has 0 saturated carbocycles. The molecule has 0 radical (unpaired) electrons. The summed E-state index contributed by atoms with van der Waals surface area (Å²) in [5.41, 5.74) is 8.42. The number of hydrogen-bond acceptors (Lipinski definition) is 5. The molecule has 0 aliphatic rings. The monoisotopic (exact) mass is 353 g/mol. The van der Waals surface area contributed by atoms with Gasteiger partial charge in [-0.15, -0.1) is 0 Å². The van der Waals surface area contributed by atoms with E-state index in [9.17, 15) is 0 Å². The van der Waals surface area contributed by atoms with Crippen LogP contribution in [0.5, 0.6) is 0 Å². The van der Waals surface area contributed by atoms with E-state index in [2.05, 4.69) is 31.0 Å². The summed E-state index contributed by atoms with van der Waals surface area (Å²) in [6.07, 6.45) is 6.99. The Morgan fingerprint density at radius 3 is 1.33 bits per heavy atom. The molecule has 5 heteroatoms. The molecule has 0 aromatic carbocycles. The molecule has 0 spiro atoms. The molecule has 4 rings (SSSR count). The van der Waals surface area contributed by atoms with E-state index in [4.69, 9.17) is 0 Å². The molecule has 4 heterocycles. The summed E-state index contributed by atoms with van der Waals surface area (Å²) < 4.78 is 0. The van der Waals surface area contributed by atoms with E-state index in [0.29, 0.717) is 0 Å². The minimum atomic E-state index is 0.852. The van der Waals surface area contributed by atoms with Crippen LogP contribution < -0.4 is 0 Å². The van der Waals surface area contributed by atoms with Gasteiger partial charge in [0.2, 0.25) is 0 Å². The number of nitrogens with zero attached hydrogens (tertiary/aromatic N) is 5. The SMILES string of the molecule is Cc1ncccc1-c1ncnc(-c2cccnc2C)c1-c1cccnc1C. The summed E-state index contributed by atoms with van der Waals surface area (Å²) in [5, 5.41) is 0. The van der Waals surface area contributed by atoms with Gasteiger partial charge in [-0.3, -0.25) is 15.0 Å². The molecule has 27 heavy (non-hydrogen) atoms. The minimum absolute atomic E-state index is 0.852. The van der Waals surface area contributed by atoms with Gasteiger partial charge in [-0.25, -0.2) is 9.97 Å². The second kappa shape index (κ2) is 7.03. The lowest BCUT2D eigenvalue weighted by Gasteiger charge is -2.16. The number of rotatable bonds is 3. The highest BCUT2D eigenvalue weighted by molar-refractivity contribution is 5.92. The highest BCUT2D eigenvalue weighted by atomic mass is 14.9. The maximum absolute atomic E-state index is 4.64. The largest absolute Gasteiger partial charge is 0.261 e. The van der Waals surface area contributed by atoms with Gasteiger partial charge < -0.3 is 0 Å². The summed E-state index contributed by atoms with van der Waals surface area (Å²) in [6, 6.07) is 11.9. The Morgan fingerprint density at radius 2 is 0.926 bits per heavy atom. The smallest absolute Gasteiger partial charge is 0.116 e. The Bertz CT molecular complexity index is 1060. The van der Waals surface area contributed by atoms with Crippen molar-refractivity contribution in [2.75, 3.05) is 0 Å². The van der Waals surface area contributed by atoms with Crippen molar-refractivity contribution in [1.82, 2.24) is 24.9 Å². The zero-order chi connectivity index (χ0) is 18.8. The van der Waals surface area contributed by atoms with Crippen molar-refractivity contribution in [2.45, 2.75) is 20.8 Å². The van der Waals surface area contributed by atoms with Crippen LogP contribution in [0.2, 0.25) is 0 Å². The van der Waals surface area contributed by atoms with Gasteiger partial charge in [0.05, 0.1) is 11.4 Å². The zero-order valence-electron chi connectivity index (χ0n) is 15.5. The lowest BCUT2D eigenvalue weighted by Crippen LogP contribution is -2.01. The fourth-order valence-corrected chi connectivity index (χ4v) is 3.27. The molecule has 0 N–H and O–H groups in total. The number of aryl methyl sites for hydroxylation is 3. The molecular weight excluding hydrogens is 334 g/mol. The van der Waals surface area contributed by atoms with Crippen molar-refractivity contribution in [1.29, 1.82) is 0 Å². The van der Waals surface area contributed by atoms with Crippen LogP contribution in [0.3, 0.4) is 0 Å². The molecule has 5 nitrogen and oxygen atoms in total. The predicted molar refractivity (Wildman–Crippen MR) is 106 cm³/mol. The summed E-state index contributed by atoms with van der Waals surface area (Å²) in [5.74, 6) is 0. The van der Waals surface area contributed by atoms with E-state index in [1.165, 1.54) is 0 Å². The molecule has 0 amide bonds. The van der Waals surface area contributed by atoms with E-state index < -0.39 is 0 Å². The maximum Gasteiger partial charge on any atom is 0.116 e. The first-order valence-corrected chi connectivity index (χ1v) is 8.78. The van der Waals surface area contributed by atoms with Crippen LogP contribution in [-0.4, -0.2) is 24.9 Å². The molecule has 0 unspecified atom stereocenters. The average Bonchev–Trinajstić information content (AvgIpc) is 2.69. The van der Waals surface area contributed by atoms with Crippen molar-refractivity contribution in [3.63, 3.8) is 0 Å². The Morgan fingerprint density at radius 1 is 0.519 bits per heavy atom. The third kappa shape index (κ3) is 3.08. The van der Waals surface area contributed by atoms with Gasteiger partial charge in [-0.2, -0.15) is 0 Å². The molecule has 0 saturated heterocycles. The van der Waals surface area contributed by atoms with Gasteiger partial charge in [0.1, 0.15) is 6.33 Å². The van der Waals surface area contributed by atoms with Crippen molar-refractivity contribution >= 4 is 0 Å². The lowest BCUT2D eigenvalue weighted by atomic mass is 9.93. The fraction of sp³-hybridized carbons (Fsp3) is 0.136. The fourth-order valence-electron chi connectivity index (χ4n) is 3.27. The molecule has 0 aliphatic carbocycles. The molecule has 132 valence electrons. The van der Waals surface area contributed by atoms with E-state index >= 15 is 0 Å². The predicted octanol–water partition coefficient (Wildman–Crippen LogP) is 4.59. The van der Waals surface area contributed by atoms with E-state index in [0.717, 1.165) is 50.7 Å². The van der Waals surface area contributed by atoms with E-state index in [1.54, 1.807) is 24.9 Å². The van der Waals surface area contributed by atoms with Crippen LogP contribution in [0.25, 0.3) is 33.6 Å². The molecule has 0 aliphatic heterocycles. The van der Waals surface area contributed by atoms with Gasteiger partial charge in [-0.1, -0.05) is 6.07 Å². The van der Waals surface area contributed by atoms with Crippen molar-refractivity contribution in [3.05, 3.63) is 78.4 Å². The number of pyridine rings is 3. The molecule has 0 bridgehead atoms. The lowest BCUT2D eigenvalue weighted by molar-refractivity contribution is 1.12. The van der Waals surface area contributed by atoms with Crippen LogP contribution >= 0.6 is 0 Å². The Balaban J connectivity index is 2.10. The summed E-state index contributed by atoms with van der Waals surface area (Å²) in [7, 11) is 0. The van der Waals surface area contributed by atoms with Crippen molar-refractivity contribution in [2.24, 2.45) is 0 Å². The first kappa shape index (κ1) is 17.0. The Hall–Kier alpha value is -3.47. The zero-order valence-corrected chi connectivity index (χ0v) is 15.5. The quantitative estimate of drug-likeness (QED) is 0.539. The van der Waals surface area contributed by atoms with Gasteiger partial charge in [-0.05, 0) is 51.1 Å². The average molecular weight is 353 g/mol. The number of aromatic nitrogens is 5. The third-order valence-electron chi connectivity index (χ3n) is 4.65. The Labute approximate surface area is 158 Å². The van der Waals surface area contributed by atoms with Crippen LogP contribution in [-0.2, 0) is 0 Å². The van der Waals surface area contributed by atoms with Crippen LogP contribution in [0, 0.1) is 20.8 Å². The Kier molecular flexibility index (Phi) is 4.42. The highest BCUT2D eigenvalue weighted by Gasteiger charge is 2.20. The van der Waals surface area contributed by atoms with E-state index in [1.807, 2.05) is 51.1 Å². The van der Waals surface area contributed by atoms with Crippen LogP contribution in [0.1, 0.15) is 17.1 Å². The highest BCUT2D eigenvalue weighted by Crippen LogP contribution is 2.39. The van der Waals surface area contributed by atoms with Gasteiger partial charge in [0.15, 0.2) is 0 Å². The first-order valence-electron chi connectivity index (χ1n) is 8.78. The summed E-state index contributed by atoms with van der Waals surface area (Å²) in [6.45, 7) is 5.99. The van der Waals surface area contributed by atoms with E-state index in [-0.39, 0.29) is 0 Å². The maximum atomic E-state index is 4.64. The topological polar surface area (TPSA) is 64.5 Å². The van der Waals surface area contributed by atoms with Crippen molar-refractivity contribution < 1.29 is 0 Å². The number of hydrogen-bond donors (Lipinski definition) is 0. The second-order valence-electron chi connectivity index (χ2n) is 6.36. The van der Waals surface area contributed by atoms with Crippen molar-refractivity contribution in [3.8, 4) is 33.6 Å². The molecule has 0 atom stereocenters. The molecule has 0 fully saturated rings. The molecular formula is C22H19N5. The van der Waals surface area contributed by atoms with Crippen LogP contribution in [0.4, 0.5) is 0 Å². The molecule has 4 aromatic heterocycles. The van der Waals surface area contributed by atoms with Crippen LogP contribution in [0.15, 0.2) is 61.3 Å². The summed E-state index contributed by atoms with van der Waals surface area (Å²) in [4.78, 5) is 22.7. The third-order valence-corrected chi connectivity index (χ3v) is 4.65. The summed E-state index contributed by atoms with van der Waals surface area (Å²) >= 11 is 0. The van der Waals surface area contributed by atoms with Gasteiger partial charge in [0, 0.05) is 57.9 Å². The normalized spacial score (nSPS) is 10.8. The van der Waals surface area contributed by atoms with Gasteiger partial charge in [0.25, 0.3) is 0 Å². The minimum Gasteiger partial charge on any atom is -0.261 e. The standard InChI is InChI=1S/C22H19N5/c1-14-17(7-4-10-23-14)20-21(18-8-5-11-24-15(18)2)26-13-27-22(20)19-9-6-12-25-16(19)3/h4-13H,1-3H3. The van der Waals surface area contributed by atoms with Gasteiger partial charge >= 0.3 is 0 Å². The second-order valence-corrected chi connectivity index (χ2v) is 6.36. The first-order chi connectivity index (χ1) is 13.2.